The number of aromatic nitrogens is 3. The molecule has 30 heavy (non-hydrogen) atoms. The van der Waals surface area contributed by atoms with E-state index in [2.05, 4.69) is 36.8 Å². The van der Waals surface area contributed by atoms with Crippen molar-refractivity contribution in [3.63, 3.8) is 0 Å². The van der Waals surface area contributed by atoms with Crippen LogP contribution in [-0.4, -0.2) is 51.8 Å². The van der Waals surface area contributed by atoms with Crippen molar-refractivity contribution in [3.8, 4) is 0 Å². The van der Waals surface area contributed by atoms with Gasteiger partial charge in [0.05, 0.1) is 12.2 Å². The van der Waals surface area contributed by atoms with E-state index in [-0.39, 0.29) is 5.82 Å². The first kappa shape index (κ1) is 20.3. The van der Waals surface area contributed by atoms with Crippen molar-refractivity contribution >= 4 is 23.0 Å². The Kier molecular flexibility index (Phi) is 6.27. The van der Waals surface area contributed by atoms with Crippen molar-refractivity contribution in [2.75, 3.05) is 31.1 Å². The van der Waals surface area contributed by atoms with Gasteiger partial charge >= 0.3 is 0 Å². The molecular weight excluding hydrogens is 401 g/mol. The number of aryl methyl sites for hydroxylation is 1. The van der Waals surface area contributed by atoms with Crippen molar-refractivity contribution in [1.82, 2.24) is 25.0 Å². The largest absolute Gasteiger partial charge is 0.366 e. The van der Waals surface area contributed by atoms with Crippen LogP contribution < -0.4 is 10.2 Å². The predicted molar refractivity (Wildman–Crippen MR) is 118 cm³/mol. The van der Waals surface area contributed by atoms with E-state index in [0.717, 1.165) is 50.3 Å². The second kappa shape index (κ2) is 9.25. The summed E-state index contributed by atoms with van der Waals surface area (Å²) in [4.78, 5) is 10.4. The highest BCUT2D eigenvalue weighted by atomic mass is 32.1. The van der Waals surface area contributed by atoms with Crippen LogP contribution in [0.25, 0.3) is 0 Å². The van der Waals surface area contributed by atoms with Gasteiger partial charge in [0.25, 0.3) is 0 Å². The van der Waals surface area contributed by atoms with E-state index >= 15 is 0 Å². The summed E-state index contributed by atoms with van der Waals surface area (Å²) >= 11 is 1.72. The Morgan fingerprint density at radius 1 is 1.13 bits per heavy atom. The van der Waals surface area contributed by atoms with E-state index in [4.69, 9.17) is 4.99 Å². The Morgan fingerprint density at radius 2 is 1.93 bits per heavy atom. The molecule has 4 rings (SSSR count). The summed E-state index contributed by atoms with van der Waals surface area (Å²) in [6, 6.07) is 11.1. The van der Waals surface area contributed by atoms with E-state index in [1.165, 1.54) is 10.9 Å². The molecule has 0 radical (unpaired) electrons. The summed E-state index contributed by atoms with van der Waals surface area (Å²) in [7, 11) is 1.95. The number of hydrogen-bond acceptors (Lipinski definition) is 5. The number of para-hydroxylation sites is 1. The van der Waals surface area contributed by atoms with Gasteiger partial charge in [-0.2, -0.15) is 0 Å². The van der Waals surface area contributed by atoms with Crippen molar-refractivity contribution in [3.05, 3.63) is 64.1 Å². The normalized spacial score (nSPS) is 15.0. The van der Waals surface area contributed by atoms with Crippen molar-refractivity contribution in [2.24, 2.45) is 12.0 Å². The van der Waals surface area contributed by atoms with Crippen LogP contribution in [0.1, 0.15) is 16.5 Å². The lowest BCUT2D eigenvalue weighted by Crippen LogP contribution is -2.52. The lowest BCUT2D eigenvalue weighted by Gasteiger charge is -2.37. The van der Waals surface area contributed by atoms with Crippen LogP contribution in [0.3, 0.4) is 0 Å². The summed E-state index contributed by atoms with van der Waals surface area (Å²) < 4.78 is 16.1. The van der Waals surface area contributed by atoms with Crippen molar-refractivity contribution < 1.29 is 4.39 Å². The van der Waals surface area contributed by atoms with Crippen molar-refractivity contribution in [1.29, 1.82) is 0 Å². The highest BCUT2D eigenvalue weighted by molar-refractivity contribution is 7.09. The average molecular weight is 428 g/mol. The Balaban J connectivity index is 1.45. The molecule has 9 heteroatoms. The first-order valence-electron chi connectivity index (χ1n) is 10.0. The van der Waals surface area contributed by atoms with Gasteiger partial charge < -0.3 is 19.7 Å². The van der Waals surface area contributed by atoms with Gasteiger partial charge in [0.2, 0.25) is 0 Å². The fourth-order valence-corrected chi connectivity index (χ4v) is 4.09. The van der Waals surface area contributed by atoms with Gasteiger partial charge in [-0.15, -0.1) is 21.5 Å². The van der Waals surface area contributed by atoms with E-state index in [1.54, 1.807) is 17.4 Å². The van der Waals surface area contributed by atoms with Gasteiger partial charge in [0, 0.05) is 38.1 Å². The number of rotatable bonds is 5. The zero-order valence-corrected chi connectivity index (χ0v) is 18.1. The average Bonchev–Trinajstić information content (AvgIpc) is 3.40. The summed E-state index contributed by atoms with van der Waals surface area (Å²) in [6.07, 6.45) is 0. The zero-order chi connectivity index (χ0) is 20.9. The van der Waals surface area contributed by atoms with Gasteiger partial charge in [-0.05, 0) is 30.5 Å². The van der Waals surface area contributed by atoms with Crippen LogP contribution in [0.5, 0.6) is 0 Å². The molecular formula is C21H26FN7S. The topological polar surface area (TPSA) is 61.6 Å². The number of halogens is 1. The predicted octanol–water partition coefficient (Wildman–Crippen LogP) is 2.79. The van der Waals surface area contributed by atoms with Crippen LogP contribution in [-0.2, 0) is 20.1 Å². The van der Waals surface area contributed by atoms with Gasteiger partial charge in [0.1, 0.15) is 18.2 Å². The third kappa shape index (κ3) is 4.62. The SMILES string of the molecule is Cc1nnc(CN=C(NCc2cccs2)N2CCN(c3ccccc3F)CC2)n1C. The van der Waals surface area contributed by atoms with E-state index in [1.807, 2.05) is 36.7 Å². The number of anilines is 1. The molecule has 158 valence electrons. The minimum atomic E-state index is -0.173. The Labute approximate surface area is 179 Å². The molecule has 1 aromatic carbocycles. The van der Waals surface area contributed by atoms with Crippen LogP contribution in [0, 0.1) is 12.7 Å². The van der Waals surface area contributed by atoms with Crippen molar-refractivity contribution in [2.45, 2.75) is 20.0 Å². The molecule has 0 saturated carbocycles. The monoisotopic (exact) mass is 427 g/mol. The number of nitrogens with one attached hydrogen (secondary N) is 1. The maximum absolute atomic E-state index is 14.2. The zero-order valence-electron chi connectivity index (χ0n) is 17.3. The van der Waals surface area contributed by atoms with Crippen LogP contribution in [0.2, 0.25) is 0 Å². The molecule has 0 amide bonds. The van der Waals surface area contributed by atoms with Crippen LogP contribution in [0.4, 0.5) is 10.1 Å². The first-order valence-corrected chi connectivity index (χ1v) is 10.9. The molecule has 1 N–H and O–H groups in total. The number of guanidine groups is 1. The van der Waals surface area contributed by atoms with Gasteiger partial charge in [0.15, 0.2) is 11.8 Å². The molecule has 1 fully saturated rings. The summed E-state index contributed by atoms with van der Waals surface area (Å²) in [5.41, 5.74) is 0.664. The molecule has 2 aromatic heterocycles. The maximum Gasteiger partial charge on any atom is 0.194 e. The smallest absolute Gasteiger partial charge is 0.194 e. The van der Waals surface area contributed by atoms with E-state index in [9.17, 15) is 4.39 Å². The maximum atomic E-state index is 14.2. The Morgan fingerprint density at radius 3 is 2.60 bits per heavy atom. The fourth-order valence-electron chi connectivity index (χ4n) is 3.45. The summed E-state index contributed by atoms with van der Waals surface area (Å²) in [5, 5.41) is 13.9. The number of thiophene rings is 1. The van der Waals surface area contributed by atoms with Crippen LogP contribution >= 0.6 is 11.3 Å². The Hall–Kier alpha value is -2.94. The van der Waals surface area contributed by atoms with E-state index < -0.39 is 0 Å². The molecule has 3 aromatic rings. The third-order valence-electron chi connectivity index (χ3n) is 5.33. The summed E-state index contributed by atoms with van der Waals surface area (Å²) in [5.74, 6) is 2.37. The minimum Gasteiger partial charge on any atom is -0.366 e. The number of nitrogens with zero attached hydrogens (tertiary/aromatic N) is 6. The molecule has 1 aliphatic rings. The van der Waals surface area contributed by atoms with E-state index in [0.29, 0.717) is 12.2 Å². The molecule has 1 saturated heterocycles. The molecule has 1 aliphatic heterocycles. The van der Waals surface area contributed by atoms with Crippen LogP contribution in [0.15, 0.2) is 46.8 Å². The van der Waals surface area contributed by atoms with Gasteiger partial charge in [-0.3, -0.25) is 0 Å². The number of piperazine rings is 1. The second-order valence-electron chi connectivity index (χ2n) is 7.22. The van der Waals surface area contributed by atoms with Gasteiger partial charge in [-0.1, -0.05) is 18.2 Å². The molecule has 7 nitrogen and oxygen atoms in total. The Bertz CT molecular complexity index is 991. The molecule has 3 heterocycles. The standard InChI is InChI=1S/C21H26FN7S/c1-16-25-26-20(27(16)2)15-24-21(23-14-17-6-5-13-30-17)29-11-9-28(10-12-29)19-8-4-3-7-18(19)22/h3-8,13H,9-12,14-15H2,1-2H3,(H,23,24). The van der Waals surface area contributed by atoms with Gasteiger partial charge in [-0.25, -0.2) is 9.38 Å². The lowest BCUT2D eigenvalue weighted by molar-refractivity contribution is 0.369. The number of aliphatic imine (C=N–C) groups is 1. The molecule has 0 bridgehead atoms. The molecule has 0 aliphatic carbocycles. The molecule has 0 atom stereocenters. The first-order chi connectivity index (χ1) is 14.6. The summed E-state index contributed by atoms with van der Waals surface area (Å²) in [6.45, 7) is 6.12. The quantitative estimate of drug-likeness (QED) is 0.501. The second-order valence-corrected chi connectivity index (χ2v) is 8.25. The minimum absolute atomic E-state index is 0.173. The highest BCUT2D eigenvalue weighted by Gasteiger charge is 2.22. The third-order valence-corrected chi connectivity index (χ3v) is 6.20. The number of benzene rings is 1. The molecule has 0 unspecified atom stereocenters. The molecule has 0 spiro atoms. The number of hydrogen-bond donors (Lipinski definition) is 1. The fraction of sp³-hybridized carbons (Fsp3) is 0.381. The highest BCUT2D eigenvalue weighted by Crippen LogP contribution is 2.20. The lowest BCUT2D eigenvalue weighted by atomic mass is 10.2.